The fourth-order valence-electron chi connectivity index (χ4n) is 2.81. The van der Waals surface area contributed by atoms with E-state index < -0.39 is 10.0 Å². The number of nitrogens with zero attached hydrogens (tertiary/aromatic N) is 1. The van der Waals surface area contributed by atoms with Gasteiger partial charge in [-0.1, -0.05) is 17.7 Å². The Morgan fingerprint density at radius 2 is 1.71 bits per heavy atom. The molecule has 0 aromatic heterocycles. The van der Waals surface area contributed by atoms with Gasteiger partial charge in [0.15, 0.2) is 0 Å². The third-order valence-electron chi connectivity index (χ3n) is 4.50. The third kappa shape index (κ3) is 3.65. The van der Waals surface area contributed by atoms with E-state index in [0.717, 1.165) is 30.9 Å². The molecule has 0 atom stereocenters. The summed E-state index contributed by atoms with van der Waals surface area (Å²) in [4.78, 5) is 0.414. The molecule has 1 aromatic rings. The molecular formula is C16H24N2O2S. The van der Waals surface area contributed by atoms with Gasteiger partial charge in [0.05, 0.1) is 4.90 Å². The number of sulfonamides is 1. The van der Waals surface area contributed by atoms with E-state index in [-0.39, 0.29) is 0 Å². The van der Waals surface area contributed by atoms with E-state index in [1.807, 2.05) is 19.1 Å². The van der Waals surface area contributed by atoms with E-state index in [1.165, 1.54) is 12.8 Å². The lowest BCUT2D eigenvalue weighted by Gasteiger charge is -2.31. The van der Waals surface area contributed by atoms with E-state index in [4.69, 9.17) is 0 Å². The van der Waals surface area contributed by atoms with Crippen LogP contribution in [-0.4, -0.2) is 38.4 Å². The maximum Gasteiger partial charge on any atom is 0.243 e. The van der Waals surface area contributed by atoms with Gasteiger partial charge < -0.3 is 5.32 Å². The quantitative estimate of drug-likeness (QED) is 0.907. The van der Waals surface area contributed by atoms with Gasteiger partial charge >= 0.3 is 0 Å². The summed E-state index contributed by atoms with van der Waals surface area (Å²) < 4.78 is 26.8. The summed E-state index contributed by atoms with van der Waals surface area (Å²) >= 11 is 0. The Morgan fingerprint density at radius 3 is 2.29 bits per heavy atom. The van der Waals surface area contributed by atoms with Crippen molar-refractivity contribution in [2.75, 3.05) is 19.6 Å². The van der Waals surface area contributed by atoms with Gasteiger partial charge in [0.25, 0.3) is 0 Å². The van der Waals surface area contributed by atoms with Crippen LogP contribution in [-0.2, 0) is 10.0 Å². The van der Waals surface area contributed by atoms with Gasteiger partial charge in [-0.05, 0) is 57.2 Å². The predicted molar refractivity (Wildman–Crippen MR) is 83.7 cm³/mol. The molecule has 0 unspecified atom stereocenters. The topological polar surface area (TPSA) is 49.4 Å². The van der Waals surface area contributed by atoms with E-state index in [9.17, 15) is 8.42 Å². The molecule has 5 heteroatoms. The molecule has 2 aliphatic rings. The van der Waals surface area contributed by atoms with E-state index in [0.29, 0.717) is 24.0 Å². The highest BCUT2D eigenvalue weighted by Gasteiger charge is 2.30. The Kier molecular flexibility index (Phi) is 4.33. The van der Waals surface area contributed by atoms with Crippen molar-refractivity contribution in [2.45, 2.75) is 43.5 Å². The second kappa shape index (κ2) is 6.07. The fraction of sp³-hybridized carbons (Fsp3) is 0.625. The van der Waals surface area contributed by atoms with Gasteiger partial charge in [-0.3, -0.25) is 0 Å². The summed E-state index contributed by atoms with van der Waals surface area (Å²) in [5.41, 5.74) is 1.08. The molecule has 0 bridgehead atoms. The van der Waals surface area contributed by atoms with Crippen LogP contribution in [0.4, 0.5) is 0 Å². The maximum absolute atomic E-state index is 12.6. The molecule has 0 radical (unpaired) electrons. The van der Waals surface area contributed by atoms with Crippen LogP contribution in [0.15, 0.2) is 29.2 Å². The molecule has 1 aliphatic heterocycles. The van der Waals surface area contributed by atoms with E-state index in [1.54, 1.807) is 16.4 Å². The monoisotopic (exact) mass is 308 g/mol. The molecule has 1 saturated heterocycles. The summed E-state index contributed by atoms with van der Waals surface area (Å²) in [7, 11) is -3.32. The zero-order chi connectivity index (χ0) is 14.9. The number of hydrogen-bond acceptors (Lipinski definition) is 3. The van der Waals surface area contributed by atoms with E-state index in [2.05, 4.69) is 5.32 Å². The molecule has 1 N–H and O–H groups in total. The Labute approximate surface area is 127 Å². The number of rotatable bonds is 5. The van der Waals surface area contributed by atoms with Gasteiger partial charge in [0, 0.05) is 19.1 Å². The predicted octanol–water partition coefficient (Wildman–Crippen LogP) is 2.15. The zero-order valence-corrected chi connectivity index (χ0v) is 13.4. The van der Waals surface area contributed by atoms with Crippen LogP contribution in [0.1, 0.15) is 31.2 Å². The summed E-state index contributed by atoms with van der Waals surface area (Å²) in [5.74, 6) is 0.874. The van der Waals surface area contributed by atoms with E-state index >= 15 is 0 Å². The molecule has 116 valence electrons. The SMILES string of the molecule is Cc1ccc(S(=O)(=O)N2CCC(NCC3CC3)CC2)cc1. The number of hydrogen-bond donors (Lipinski definition) is 1. The molecule has 0 amide bonds. The van der Waals surface area contributed by atoms with Crippen molar-refractivity contribution >= 4 is 10.0 Å². The number of benzene rings is 1. The van der Waals surface area contributed by atoms with Gasteiger partial charge in [-0.25, -0.2) is 8.42 Å². The minimum Gasteiger partial charge on any atom is -0.314 e. The summed E-state index contributed by atoms with van der Waals surface area (Å²) in [5, 5.41) is 3.58. The Morgan fingerprint density at radius 1 is 1.10 bits per heavy atom. The molecule has 1 saturated carbocycles. The minimum atomic E-state index is -3.32. The first-order chi connectivity index (χ1) is 10.1. The molecule has 21 heavy (non-hydrogen) atoms. The van der Waals surface area contributed by atoms with Crippen molar-refractivity contribution < 1.29 is 8.42 Å². The highest BCUT2D eigenvalue weighted by Crippen LogP contribution is 2.28. The van der Waals surface area contributed by atoms with Gasteiger partial charge in [-0.2, -0.15) is 4.31 Å². The van der Waals surface area contributed by atoms with Crippen LogP contribution in [0.5, 0.6) is 0 Å². The van der Waals surface area contributed by atoms with Gasteiger partial charge in [-0.15, -0.1) is 0 Å². The molecule has 1 heterocycles. The lowest BCUT2D eigenvalue weighted by molar-refractivity contribution is 0.288. The molecule has 1 aliphatic carbocycles. The lowest BCUT2D eigenvalue weighted by atomic mass is 10.1. The second-order valence-electron chi connectivity index (χ2n) is 6.34. The van der Waals surface area contributed by atoms with Crippen molar-refractivity contribution in [1.82, 2.24) is 9.62 Å². The normalized spacial score (nSPS) is 21.6. The highest BCUT2D eigenvalue weighted by molar-refractivity contribution is 7.89. The Bertz CT molecular complexity index is 571. The van der Waals surface area contributed by atoms with Crippen LogP contribution in [0.2, 0.25) is 0 Å². The first-order valence-corrected chi connectivity index (χ1v) is 9.30. The zero-order valence-electron chi connectivity index (χ0n) is 12.6. The van der Waals surface area contributed by atoms with Crippen LogP contribution >= 0.6 is 0 Å². The number of piperidine rings is 1. The lowest BCUT2D eigenvalue weighted by Crippen LogP contribution is -2.45. The van der Waals surface area contributed by atoms with Crippen molar-refractivity contribution in [3.8, 4) is 0 Å². The molecule has 1 aromatic carbocycles. The summed E-state index contributed by atoms with van der Waals surface area (Å²) in [6, 6.07) is 7.62. The van der Waals surface area contributed by atoms with Crippen LogP contribution in [0.3, 0.4) is 0 Å². The van der Waals surface area contributed by atoms with Crippen molar-refractivity contribution in [2.24, 2.45) is 5.92 Å². The summed E-state index contributed by atoms with van der Waals surface area (Å²) in [6.07, 6.45) is 4.54. The molecular weight excluding hydrogens is 284 g/mol. The number of nitrogens with one attached hydrogen (secondary N) is 1. The third-order valence-corrected chi connectivity index (χ3v) is 6.42. The first-order valence-electron chi connectivity index (χ1n) is 7.86. The van der Waals surface area contributed by atoms with Crippen molar-refractivity contribution in [3.05, 3.63) is 29.8 Å². The van der Waals surface area contributed by atoms with Crippen LogP contribution in [0, 0.1) is 12.8 Å². The molecule has 4 nitrogen and oxygen atoms in total. The Hall–Kier alpha value is -0.910. The first kappa shape index (κ1) is 15.0. The standard InChI is InChI=1S/C16H24N2O2S/c1-13-2-6-16(7-3-13)21(19,20)18-10-8-15(9-11-18)17-12-14-4-5-14/h2-3,6-7,14-15,17H,4-5,8-12H2,1H3. The van der Waals surface area contributed by atoms with Gasteiger partial charge in [0.2, 0.25) is 10.0 Å². The second-order valence-corrected chi connectivity index (χ2v) is 8.28. The van der Waals surface area contributed by atoms with Crippen molar-refractivity contribution in [1.29, 1.82) is 0 Å². The smallest absolute Gasteiger partial charge is 0.243 e. The van der Waals surface area contributed by atoms with Crippen LogP contribution < -0.4 is 5.32 Å². The van der Waals surface area contributed by atoms with Crippen LogP contribution in [0.25, 0.3) is 0 Å². The average molecular weight is 308 g/mol. The Balaban J connectivity index is 1.58. The molecule has 3 rings (SSSR count). The number of aryl methyl sites for hydroxylation is 1. The fourth-order valence-corrected chi connectivity index (χ4v) is 4.28. The maximum atomic E-state index is 12.6. The molecule has 0 spiro atoms. The average Bonchev–Trinajstić information content (AvgIpc) is 3.30. The van der Waals surface area contributed by atoms with Crippen molar-refractivity contribution in [3.63, 3.8) is 0 Å². The van der Waals surface area contributed by atoms with Gasteiger partial charge in [0.1, 0.15) is 0 Å². The highest BCUT2D eigenvalue weighted by atomic mass is 32.2. The largest absolute Gasteiger partial charge is 0.314 e. The molecule has 2 fully saturated rings. The minimum absolute atomic E-state index is 0.414. The summed E-state index contributed by atoms with van der Waals surface area (Å²) in [6.45, 7) is 4.32.